The highest BCUT2D eigenvalue weighted by Crippen LogP contribution is 2.28. The number of hydrazone groups is 1. The van der Waals surface area contributed by atoms with Gasteiger partial charge in [0, 0.05) is 5.56 Å². The van der Waals surface area contributed by atoms with E-state index in [0.29, 0.717) is 11.3 Å². The fourth-order valence-corrected chi connectivity index (χ4v) is 3.63. The average Bonchev–Trinajstić information content (AvgIpc) is 2.62. The van der Waals surface area contributed by atoms with Crippen molar-refractivity contribution in [2.75, 3.05) is 17.7 Å². The van der Waals surface area contributed by atoms with Crippen LogP contribution in [0.2, 0.25) is 0 Å². The Morgan fingerprint density at radius 2 is 1.89 bits per heavy atom. The molecule has 144 valence electrons. The van der Waals surface area contributed by atoms with Gasteiger partial charge in [-0.25, -0.2) is 13.8 Å². The zero-order valence-corrected chi connectivity index (χ0v) is 16.0. The number of hydrogen-bond donors (Lipinski definition) is 2. The number of nitrogens with one attached hydrogen (secondary N) is 1. The van der Waals surface area contributed by atoms with Crippen LogP contribution >= 0.6 is 0 Å². The Kier molecular flexibility index (Phi) is 6.40. The van der Waals surface area contributed by atoms with Crippen LogP contribution in [0.25, 0.3) is 0 Å². The van der Waals surface area contributed by atoms with Crippen molar-refractivity contribution in [1.82, 2.24) is 5.43 Å². The maximum absolute atomic E-state index is 12.4. The summed E-state index contributed by atoms with van der Waals surface area (Å²) in [6.07, 6.45) is 2.27. The lowest BCUT2D eigenvalue weighted by atomic mass is 10.2. The number of hydrogen-bond acceptors (Lipinski definition) is 6. The Balaban J connectivity index is 2.17. The summed E-state index contributed by atoms with van der Waals surface area (Å²) >= 11 is 0. The van der Waals surface area contributed by atoms with E-state index < -0.39 is 22.0 Å². The first-order valence-corrected chi connectivity index (χ1v) is 9.84. The van der Waals surface area contributed by atoms with Crippen LogP contribution in [-0.2, 0) is 14.8 Å². The maximum Gasteiger partial charge on any atom is 0.263 e. The molecule has 2 aromatic rings. The molecule has 0 unspecified atom stereocenters. The number of carbonyl (C=O) groups is 1. The Hall–Kier alpha value is -3.07. The smallest absolute Gasteiger partial charge is 0.263 e. The quantitative estimate of drug-likeness (QED) is 0.552. The van der Waals surface area contributed by atoms with E-state index in [9.17, 15) is 18.3 Å². The minimum absolute atomic E-state index is 0.118. The number of phenols is 1. The number of ether oxygens (including phenoxy) is 1. The van der Waals surface area contributed by atoms with Crippen molar-refractivity contribution in [3.8, 4) is 11.5 Å². The lowest BCUT2D eigenvalue weighted by Gasteiger charge is -2.27. The molecule has 0 aliphatic heterocycles. The number of carbonyl (C=O) groups excluding carboxylic acids is 1. The van der Waals surface area contributed by atoms with Gasteiger partial charge in [0.05, 0.1) is 25.3 Å². The molecule has 0 aliphatic rings. The third kappa shape index (κ3) is 4.98. The summed E-state index contributed by atoms with van der Waals surface area (Å²) in [5.41, 5.74) is 3.00. The van der Waals surface area contributed by atoms with Gasteiger partial charge in [-0.05, 0) is 31.2 Å². The van der Waals surface area contributed by atoms with E-state index in [-0.39, 0.29) is 11.5 Å². The van der Waals surface area contributed by atoms with Crippen molar-refractivity contribution >= 4 is 27.8 Å². The first-order valence-electron chi connectivity index (χ1n) is 7.99. The van der Waals surface area contributed by atoms with Gasteiger partial charge in [0.1, 0.15) is 6.04 Å². The lowest BCUT2D eigenvalue weighted by Crippen LogP contribution is -2.46. The molecule has 8 nitrogen and oxygen atoms in total. The normalized spacial score (nSPS) is 12.6. The largest absolute Gasteiger partial charge is 0.504 e. The Labute approximate surface area is 158 Å². The topological polar surface area (TPSA) is 108 Å². The summed E-state index contributed by atoms with van der Waals surface area (Å²) in [5, 5.41) is 13.8. The number of benzene rings is 2. The predicted octanol–water partition coefficient (Wildman–Crippen LogP) is 1.71. The summed E-state index contributed by atoms with van der Waals surface area (Å²) in [6.45, 7) is 1.46. The molecule has 1 amide bonds. The molecule has 27 heavy (non-hydrogen) atoms. The van der Waals surface area contributed by atoms with Crippen LogP contribution in [0.15, 0.2) is 53.6 Å². The number of nitrogens with zero attached hydrogens (tertiary/aromatic N) is 2. The third-order valence-corrected chi connectivity index (χ3v) is 4.97. The van der Waals surface area contributed by atoms with Gasteiger partial charge in [0.25, 0.3) is 5.91 Å². The van der Waals surface area contributed by atoms with E-state index in [4.69, 9.17) is 4.74 Å². The van der Waals surface area contributed by atoms with Gasteiger partial charge < -0.3 is 9.84 Å². The molecule has 0 aliphatic carbocycles. The van der Waals surface area contributed by atoms with Crippen molar-refractivity contribution in [1.29, 1.82) is 0 Å². The van der Waals surface area contributed by atoms with Crippen LogP contribution in [-0.4, -0.2) is 45.1 Å². The van der Waals surface area contributed by atoms with E-state index in [1.165, 1.54) is 20.2 Å². The highest BCUT2D eigenvalue weighted by molar-refractivity contribution is 7.92. The number of aromatic hydroxyl groups is 1. The number of amides is 1. The van der Waals surface area contributed by atoms with Crippen LogP contribution in [0.3, 0.4) is 0 Å². The Bertz CT molecular complexity index is 929. The number of para-hydroxylation sites is 2. The molecule has 1 atom stereocenters. The molecular formula is C18H21N3O5S. The van der Waals surface area contributed by atoms with Crippen LogP contribution < -0.4 is 14.5 Å². The lowest BCUT2D eigenvalue weighted by molar-refractivity contribution is -0.121. The second-order valence-electron chi connectivity index (χ2n) is 5.70. The van der Waals surface area contributed by atoms with Gasteiger partial charge in [-0.2, -0.15) is 5.10 Å². The van der Waals surface area contributed by atoms with Crippen molar-refractivity contribution in [3.63, 3.8) is 0 Å². The molecule has 0 bridgehead atoms. The van der Waals surface area contributed by atoms with Gasteiger partial charge in [-0.3, -0.25) is 9.10 Å². The molecule has 9 heteroatoms. The van der Waals surface area contributed by atoms with Gasteiger partial charge in [-0.1, -0.05) is 24.3 Å². The number of rotatable bonds is 7. The molecule has 2 aromatic carbocycles. The van der Waals surface area contributed by atoms with Crippen LogP contribution in [0, 0.1) is 0 Å². The molecule has 0 spiro atoms. The SMILES string of the molecule is COc1cccc(/C=N\NC(=O)[C@@H](C)N(c2ccccc2)S(C)(=O)=O)c1O. The summed E-state index contributed by atoms with van der Waals surface area (Å²) in [6, 6.07) is 12.1. The molecular weight excluding hydrogens is 370 g/mol. The molecule has 0 fully saturated rings. The molecule has 2 N–H and O–H groups in total. The highest BCUT2D eigenvalue weighted by atomic mass is 32.2. The van der Waals surface area contributed by atoms with E-state index in [0.717, 1.165) is 10.6 Å². The first kappa shape index (κ1) is 20.2. The van der Waals surface area contributed by atoms with Crippen molar-refractivity contribution in [2.45, 2.75) is 13.0 Å². The monoisotopic (exact) mass is 391 g/mol. The second-order valence-corrected chi connectivity index (χ2v) is 7.56. The third-order valence-electron chi connectivity index (χ3n) is 3.73. The zero-order chi connectivity index (χ0) is 20.0. The number of sulfonamides is 1. The van der Waals surface area contributed by atoms with Gasteiger partial charge >= 0.3 is 0 Å². The van der Waals surface area contributed by atoms with E-state index in [1.54, 1.807) is 48.5 Å². The second kappa shape index (κ2) is 8.54. The number of methoxy groups -OCH3 is 1. The van der Waals surface area contributed by atoms with Gasteiger partial charge in [-0.15, -0.1) is 0 Å². The fraction of sp³-hybridized carbons (Fsp3) is 0.222. The number of phenolic OH excluding ortho intramolecular Hbond substituents is 1. The molecule has 0 saturated carbocycles. The standard InChI is InChI=1S/C18H21N3O5S/c1-13(21(27(3,24)25)15-9-5-4-6-10-15)18(23)20-19-12-14-8-7-11-16(26-2)17(14)22/h4-13,22H,1-3H3,(H,20,23)/b19-12-/t13-/m1/s1. The Morgan fingerprint density at radius 3 is 2.48 bits per heavy atom. The first-order chi connectivity index (χ1) is 12.8. The van der Waals surface area contributed by atoms with E-state index in [2.05, 4.69) is 10.5 Å². The molecule has 2 rings (SSSR count). The van der Waals surface area contributed by atoms with E-state index in [1.807, 2.05) is 0 Å². The molecule has 0 saturated heterocycles. The average molecular weight is 391 g/mol. The summed E-state index contributed by atoms with van der Waals surface area (Å²) in [4.78, 5) is 12.4. The summed E-state index contributed by atoms with van der Waals surface area (Å²) in [7, 11) is -2.27. The summed E-state index contributed by atoms with van der Waals surface area (Å²) in [5.74, 6) is -0.470. The molecule has 0 heterocycles. The zero-order valence-electron chi connectivity index (χ0n) is 15.2. The van der Waals surface area contributed by atoms with Crippen molar-refractivity contribution in [3.05, 3.63) is 54.1 Å². The van der Waals surface area contributed by atoms with Crippen LogP contribution in [0.5, 0.6) is 11.5 Å². The summed E-state index contributed by atoms with van der Waals surface area (Å²) < 4.78 is 30.3. The molecule has 0 radical (unpaired) electrons. The number of anilines is 1. The maximum atomic E-state index is 12.4. The van der Waals surface area contributed by atoms with Gasteiger partial charge in [0.15, 0.2) is 11.5 Å². The van der Waals surface area contributed by atoms with Gasteiger partial charge in [0.2, 0.25) is 10.0 Å². The Morgan fingerprint density at radius 1 is 1.22 bits per heavy atom. The van der Waals surface area contributed by atoms with E-state index >= 15 is 0 Å². The minimum atomic E-state index is -3.69. The predicted molar refractivity (Wildman–Crippen MR) is 104 cm³/mol. The van der Waals surface area contributed by atoms with Crippen molar-refractivity contribution in [2.24, 2.45) is 5.10 Å². The molecule has 0 aromatic heterocycles. The van der Waals surface area contributed by atoms with Crippen molar-refractivity contribution < 1.29 is 23.1 Å². The minimum Gasteiger partial charge on any atom is -0.504 e. The van der Waals surface area contributed by atoms with Crippen LogP contribution in [0.4, 0.5) is 5.69 Å². The highest BCUT2D eigenvalue weighted by Gasteiger charge is 2.28. The fourth-order valence-electron chi connectivity index (χ4n) is 2.45. The van der Waals surface area contributed by atoms with Crippen LogP contribution in [0.1, 0.15) is 12.5 Å².